The first kappa shape index (κ1) is 12.4. The first-order chi connectivity index (χ1) is 8.65. The van der Waals surface area contributed by atoms with E-state index in [2.05, 4.69) is 4.98 Å². The summed E-state index contributed by atoms with van der Waals surface area (Å²) in [6, 6.07) is 9.64. The number of aromatic nitrogens is 1. The topological polar surface area (TPSA) is 59.4 Å². The summed E-state index contributed by atoms with van der Waals surface area (Å²) in [5.41, 5.74) is 1.92. The summed E-state index contributed by atoms with van der Waals surface area (Å²) in [6.45, 7) is 2.37. The minimum Gasteiger partial charge on any atom is -0.494 e. The molecule has 0 unspecified atom stereocenters. The standard InChI is InChI=1S/C14H15NO3/c1-10-4-5-11-9-12(6-7-13(11)15-10)18-8-2-3-14(16)17/h4-7,9H,2-3,8H2,1H3,(H,16,17). The molecule has 1 heterocycles. The zero-order valence-electron chi connectivity index (χ0n) is 10.2. The average molecular weight is 245 g/mol. The van der Waals surface area contributed by atoms with Crippen molar-refractivity contribution in [2.24, 2.45) is 0 Å². The number of pyridine rings is 1. The smallest absolute Gasteiger partial charge is 0.303 e. The molecule has 0 saturated carbocycles. The predicted molar refractivity (Wildman–Crippen MR) is 68.8 cm³/mol. The van der Waals surface area contributed by atoms with Gasteiger partial charge in [0.2, 0.25) is 0 Å². The van der Waals surface area contributed by atoms with E-state index in [4.69, 9.17) is 9.84 Å². The van der Waals surface area contributed by atoms with Gasteiger partial charge >= 0.3 is 5.97 Å². The largest absolute Gasteiger partial charge is 0.494 e. The molecular formula is C14H15NO3. The minimum atomic E-state index is -0.795. The van der Waals surface area contributed by atoms with Gasteiger partial charge in [0.25, 0.3) is 0 Å². The molecule has 1 N–H and O–H groups in total. The van der Waals surface area contributed by atoms with Gasteiger partial charge in [-0.2, -0.15) is 0 Å². The van der Waals surface area contributed by atoms with E-state index in [0.717, 1.165) is 22.3 Å². The van der Waals surface area contributed by atoms with E-state index >= 15 is 0 Å². The summed E-state index contributed by atoms with van der Waals surface area (Å²) in [6.07, 6.45) is 0.647. The van der Waals surface area contributed by atoms with Gasteiger partial charge in [0.05, 0.1) is 12.1 Å². The second-order valence-electron chi connectivity index (χ2n) is 4.15. The zero-order chi connectivity index (χ0) is 13.0. The second-order valence-corrected chi connectivity index (χ2v) is 4.15. The van der Waals surface area contributed by atoms with E-state index in [-0.39, 0.29) is 6.42 Å². The number of carboxylic acid groups (broad SMARTS) is 1. The number of fused-ring (bicyclic) bond motifs is 1. The molecule has 0 aliphatic rings. The fraction of sp³-hybridized carbons (Fsp3) is 0.286. The van der Waals surface area contributed by atoms with Crippen LogP contribution < -0.4 is 4.74 Å². The van der Waals surface area contributed by atoms with E-state index in [1.54, 1.807) is 0 Å². The van der Waals surface area contributed by atoms with Gasteiger partial charge < -0.3 is 9.84 Å². The van der Waals surface area contributed by atoms with Crippen LogP contribution in [0.3, 0.4) is 0 Å². The van der Waals surface area contributed by atoms with Crippen LogP contribution in [-0.2, 0) is 4.79 Å². The molecule has 1 aromatic carbocycles. The lowest BCUT2D eigenvalue weighted by Crippen LogP contribution is -2.02. The Balaban J connectivity index is 2.01. The van der Waals surface area contributed by atoms with Crippen molar-refractivity contribution < 1.29 is 14.6 Å². The molecule has 0 amide bonds. The Bertz CT molecular complexity index is 566. The lowest BCUT2D eigenvalue weighted by Gasteiger charge is -2.06. The molecule has 2 rings (SSSR count). The fourth-order valence-corrected chi connectivity index (χ4v) is 1.71. The first-order valence-electron chi connectivity index (χ1n) is 5.87. The van der Waals surface area contributed by atoms with Crippen molar-refractivity contribution in [1.29, 1.82) is 0 Å². The van der Waals surface area contributed by atoms with Gasteiger partial charge in [0.15, 0.2) is 0 Å². The molecular weight excluding hydrogens is 230 g/mol. The second kappa shape index (κ2) is 5.49. The number of carboxylic acids is 1. The van der Waals surface area contributed by atoms with Crippen molar-refractivity contribution in [3.05, 3.63) is 36.0 Å². The summed E-state index contributed by atoms with van der Waals surface area (Å²) in [5, 5.41) is 9.54. The van der Waals surface area contributed by atoms with Crippen molar-refractivity contribution in [3.8, 4) is 5.75 Å². The van der Waals surface area contributed by atoms with Crippen LogP contribution in [-0.4, -0.2) is 22.7 Å². The van der Waals surface area contributed by atoms with Crippen molar-refractivity contribution in [2.45, 2.75) is 19.8 Å². The van der Waals surface area contributed by atoms with Gasteiger partial charge in [-0.1, -0.05) is 6.07 Å². The van der Waals surface area contributed by atoms with Crippen LogP contribution in [0.15, 0.2) is 30.3 Å². The van der Waals surface area contributed by atoms with Crippen LogP contribution in [0.2, 0.25) is 0 Å². The molecule has 0 spiro atoms. The predicted octanol–water partition coefficient (Wildman–Crippen LogP) is 2.79. The number of ether oxygens (including phenoxy) is 1. The first-order valence-corrected chi connectivity index (χ1v) is 5.87. The highest BCUT2D eigenvalue weighted by Gasteiger charge is 2.00. The zero-order valence-corrected chi connectivity index (χ0v) is 10.2. The number of nitrogens with zero attached hydrogens (tertiary/aromatic N) is 1. The Kier molecular flexibility index (Phi) is 3.77. The van der Waals surface area contributed by atoms with E-state index in [1.165, 1.54) is 0 Å². The Morgan fingerprint density at radius 1 is 1.33 bits per heavy atom. The number of carbonyl (C=O) groups is 1. The highest BCUT2D eigenvalue weighted by molar-refractivity contribution is 5.80. The van der Waals surface area contributed by atoms with Gasteiger partial charge in [0.1, 0.15) is 5.75 Å². The summed E-state index contributed by atoms with van der Waals surface area (Å²) < 4.78 is 5.50. The normalized spacial score (nSPS) is 10.5. The van der Waals surface area contributed by atoms with Crippen molar-refractivity contribution in [2.75, 3.05) is 6.61 Å². The minimum absolute atomic E-state index is 0.133. The molecule has 0 aliphatic heterocycles. The molecule has 18 heavy (non-hydrogen) atoms. The van der Waals surface area contributed by atoms with E-state index in [9.17, 15) is 4.79 Å². The number of aryl methyl sites for hydroxylation is 1. The highest BCUT2D eigenvalue weighted by atomic mass is 16.5. The third kappa shape index (κ3) is 3.20. The van der Waals surface area contributed by atoms with Crippen LogP contribution in [0.25, 0.3) is 10.9 Å². The van der Waals surface area contributed by atoms with Crippen LogP contribution in [0.4, 0.5) is 0 Å². The number of benzene rings is 1. The molecule has 0 saturated heterocycles. The van der Waals surface area contributed by atoms with Gasteiger partial charge in [-0.15, -0.1) is 0 Å². The van der Waals surface area contributed by atoms with Gasteiger partial charge in [-0.25, -0.2) is 0 Å². The monoisotopic (exact) mass is 245 g/mol. The number of rotatable bonds is 5. The van der Waals surface area contributed by atoms with Crippen LogP contribution >= 0.6 is 0 Å². The molecule has 0 atom stereocenters. The van der Waals surface area contributed by atoms with Crippen LogP contribution in [0, 0.1) is 6.92 Å². The molecule has 0 aliphatic carbocycles. The molecule has 4 nitrogen and oxygen atoms in total. The maximum absolute atomic E-state index is 10.4. The molecule has 0 radical (unpaired) electrons. The maximum Gasteiger partial charge on any atom is 0.303 e. The Labute approximate surface area is 105 Å². The van der Waals surface area contributed by atoms with E-state index in [1.807, 2.05) is 37.3 Å². The third-order valence-electron chi connectivity index (χ3n) is 2.60. The summed E-state index contributed by atoms with van der Waals surface area (Å²) in [7, 11) is 0. The van der Waals surface area contributed by atoms with Crippen molar-refractivity contribution >= 4 is 16.9 Å². The van der Waals surface area contributed by atoms with E-state index in [0.29, 0.717) is 13.0 Å². The molecule has 4 heteroatoms. The summed E-state index contributed by atoms with van der Waals surface area (Å²) >= 11 is 0. The number of hydrogen-bond donors (Lipinski definition) is 1. The van der Waals surface area contributed by atoms with E-state index < -0.39 is 5.97 Å². The van der Waals surface area contributed by atoms with Crippen LogP contribution in [0.1, 0.15) is 18.5 Å². The average Bonchev–Trinajstić information content (AvgIpc) is 2.34. The van der Waals surface area contributed by atoms with Crippen molar-refractivity contribution in [3.63, 3.8) is 0 Å². The number of aliphatic carboxylic acids is 1. The fourth-order valence-electron chi connectivity index (χ4n) is 1.71. The van der Waals surface area contributed by atoms with Gasteiger partial charge in [-0.05, 0) is 37.6 Å². The van der Waals surface area contributed by atoms with Gasteiger partial charge in [0, 0.05) is 17.5 Å². The Morgan fingerprint density at radius 3 is 2.94 bits per heavy atom. The molecule has 94 valence electrons. The maximum atomic E-state index is 10.4. The molecule has 1 aromatic heterocycles. The van der Waals surface area contributed by atoms with Crippen molar-refractivity contribution in [1.82, 2.24) is 4.98 Å². The SMILES string of the molecule is Cc1ccc2cc(OCCCC(=O)O)ccc2n1. The van der Waals surface area contributed by atoms with Gasteiger partial charge in [-0.3, -0.25) is 9.78 Å². The molecule has 2 aromatic rings. The third-order valence-corrected chi connectivity index (χ3v) is 2.60. The lowest BCUT2D eigenvalue weighted by atomic mass is 10.2. The number of hydrogen-bond acceptors (Lipinski definition) is 3. The Hall–Kier alpha value is -2.10. The highest BCUT2D eigenvalue weighted by Crippen LogP contribution is 2.20. The molecule has 0 fully saturated rings. The quantitative estimate of drug-likeness (QED) is 0.823. The molecule has 0 bridgehead atoms. The Morgan fingerprint density at radius 2 is 2.17 bits per heavy atom. The van der Waals surface area contributed by atoms with Crippen LogP contribution in [0.5, 0.6) is 5.75 Å². The lowest BCUT2D eigenvalue weighted by molar-refractivity contribution is -0.137. The summed E-state index contributed by atoms with van der Waals surface area (Å²) in [4.78, 5) is 14.8. The summed E-state index contributed by atoms with van der Waals surface area (Å²) in [5.74, 6) is -0.0460.